The Bertz CT molecular complexity index is 1100. The van der Waals surface area contributed by atoms with E-state index in [9.17, 15) is 18.0 Å². The molecular formula is C25H33N3O4S. The molecule has 0 aromatic heterocycles. The van der Waals surface area contributed by atoms with Crippen LogP contribution in [0.25, 0.3) is 0 Å². The van der Waals surface area contributed by atoms with Crippen LogP contribution in [0.4, 0.5) is 5.69 Å². The quantitative estimate of drug-likeness (QED) is 0.585. The fraction of sp³-hybridized carbons (Fsp3) is 0.440. The number of benzene rings is 2. The van der Waals surface area contributed by atoms with Gasteiger partial charge in [0.05, 0.1) is 10.9 Å². The Morgan fingerprint density at radius 1 is 1.06 bits per heavy atom. The monoisotopic (exact) mass is 471 g/mol. The second-order valence-electron chi connectivity index (χ2n) is 8.88. The average Bonchev–Trinajstić information content (AvgIpc) is 3.21. The molecule has 0 bridgehead atoms. The number of nitrogens with zero attached hydrogens (tertiary/aromatic N) is 1. The second kappa shape index (κ2) is 10.5. The van der Waals surface area contributed by atoms with E-state index in [1.807, 2.05) is 58.0 Å². The molecule has 1 heterocycles. The van der Waals surface area contributed by atoms with Gasteiger partial charge < -0.3 is 10.2 Å². The number of hydrogen-bond acceptors (Lipinski definition) is 4. The van der Waals surface area contributed by atoms with Crippen LogP contribution in [0.1, 0.15) is 57.7 Å². The molecule has 8 heteroatoms. The molecule has 0 fully saturated rings. The largest absolute Gasteiger partial charge is 0.348 e. The predicted molar refractivity (Wildman–Crippen MR) is 129 cm³/mol. The Hall–Kier alpha value is -2.71. The number of carbonyl (C=O) groups is 2. The van der Waals surface area contributed by atoms with Crippen LogP contribution in [0.5, 0.6) is 0 Å². The summed E-state index contributed by atoms with van der Waals surface area (Å²) in [5.41, 5.74) is 2.53. The standard InChI is InChI=1S/C25H33N3O4S/c1-5-24(29)28-14-13-20-16-21(11-12-23(20)28)33(31,32)27-22(15-17(2)3)25(30)26-18(4)19-9-7-6-8-10-19/h6-12,16-18,22,27H,5,13-15H2,1-4H3,(H,26,30)/t18-,22+/m1/s1. The molecule has 178 valence electrons. The Morgan fingerprint density at radius 2 is 1.76 bits per heavy atom. The Balaban J connectivity index is 1.78. The predicted octanol–water partition coefficient (Wildman–Crippen LogP) is 3.56. The van der Waals surface area contributed by atoms with Crippen molar-refractivity contribution in [3.8, 4) is 0 Å². The maximum absolute atomic E-state index is 13.2. The summed E-state index contributed by atoms with van der Waals surface area (Å²) in [5, 5.41) is 2.93. The number of fused-ring (bicyclic) bond motifs is 1. The van der Waals surface area contributed by atoms with Crippen molar-refractivity contribution in [3.05, 3.63) is 59.7 Å². The first kappa shape index (κ1) is 24.9. The molecule has 1 aliphatic rings. The van der Waals surface area contributed by atoms with Gasteiger partial charge in [0.1, 0.15) is 6.04 Å². The number of hydrogen-bond donors (Lipinski definition) is 2. The van der Waals surface area contributed by atoms with E-state index in [-0.39, 0.29) is 28.7 Å². The molecule has 2 atom stereocenters. The molecule has 0 unspecified atom stereocenters. The Morgan fingerprint density at radius 3 is 2.39 bits per heavy atom. The number of nitrogens with one attached hydrogen (secondary N) is 2. The highest BCUT2D eigenvalue weighted by molar-refractivity contribution is 7.89. The Kier molecular flexibility index (Phi) is 7.92. The molecule has 2 N–H and O–H groups in total. The third-order valence-electron chi connectivity index (χ3n) is 5.84. The van der Waals surface area contributed by atoms with Gasteiger partial charge >= 0.3 is 0 Å². The molecule has 1 aliphatic heterocycles. The zero-order valence-electron chi connectivity index (χ0n) is 19.7. The highest BCUT2D eigenvalue weighted by Gasteiger charge is 2.30. The van der Waals surface area contributed by atoms with Crippen LogP contribution in [-0.4, -0.2) is 32.8 Å². The van der Waals surface area contributed by atoms with Crippen molar-refractivity contribution in [2.45, 2.75) is 63.9 Å². The molecule has 0 aliphatic carbocycles. The van der Waals surface area contributed by atoms with Gasteiger partial charge in [-0.2, -0.15) is 4.72 Å². The molecule has 2 aromatic carbocycles. The fourth-order valence-corrected chi connectivity index (χ4v) is 5.33. The van der Waals surface area contributed by atoms with Gasteiger partial charge in [-0.3, -0.25) is 9.59 Å². The molecule has 0 radical (unpaired) electrons. The molecule has 7 nitrogen and oxygen atoms in total. The van der Waals surface area contributed by atoms with Crippen molar-refractivity contribution in [3.63, 3.8) is 0 Å². The first-order valence-electron chi connectivity index (χ1n) is 11.4. The van der Waals surface area contributed by atoms with Crippen molar-refractivity contribution in [2.24, 2.45) is 5.92 Å². The zero-order chi connectivity index (χ0) is 24.2. The lowest BCUT2D eigenvalue weighted by molar-refractivity contribution is -0.123. The Labute approximate surface area is 196 Å². The molecule has 3 rings (SSSR count). The third-order valence-corrected chi connectivity index (χ3v) is 7.31. The van der Waals surface area contributed by atoms with E-state index in [4.69, 9.17) is 0 Å². The molecule has 2 amide bonds. The van der Waals surface area contributed by atoms with E-state index in [0.717, 1.165) is 16.8 Å². The smallest absolute Gasteiger partial charge is 0.241 e. The topological polar surface area (TPSA) is 95.6 Å². The summed E-state index contributed by atoms with van der Waals surface area (Å²) in [6.07, 6.45) is 1.37. The molecule has 0 saturated heterocycles. The first-order valence-corrected chi connectivity index (χ1v) is 12.9. The van der Waals surface area contributed by atoms with Crippen LogP contribution in [0.15, 0.2) is 53.4 Å². The summed E-state index contributed by atoms with van der Waals surface area (Å²) < 4.78 is 29.0. The minimum absolute atomic E-state index is 0.0173. The zero-order valence-corrected chi connectivity index (χ0v) is 20.5. The number of anilines is 1. The first-order chi connectivity index (χ1) is 15.6. The number of sulfonamides is 1. The molecule has 0 spiro atoms. The normalized spacial score (nSPS) is 15.2. The molecule has 2 aromatic rings. The van der Waals surface area contributed by atoms with Crippen molar-refractivity contribution in [2.75, 3.05) is 11.4 Å². The number of carbonyl (C=O) groups excluding carboxylic acids is 2. The summed E-state index contributed by atoms with van der Waals surface area (Å²) >= 11 is 0. The maximum atomic E-state index is 13.2. The van der Waals surface area contributed by atoms with Gasteiger partial charge in [-0.05, 0) is 55.0 Å². The van der Waals surface area contributed by atoms with E-state index in [0.29, 0.717) is 25.8 Å². The van der Waals surface area contributed by atoms with Crippen LogP contribution in [0.3, 0.4) is 0 Å². The summed E-state index contributed by atoms with van der Waals surface area (Å²) in [5.74, 6) is -0.225. The van der Waals surface area contributed by atoms with E-state index in [1.165, 1.54) is 6.07 Å². The molecule has 0 saturated carbocycles. The van der Waals surface area contributed by atoms with Crippen LogP contribution < -0.4 is 14.9 Å². The van der Waals surface area contributed by atoms with Crippen molar-refractivity contribution < 1.29 is 18.0 Å². The highest BCUT2D eigenvalue weighted by Crippen LogP contribution is 2.30. The summed E-state index contributed by atoms with van der Waals surface area (Å²) in [6, 6.07) is 13.2. The van der Waals surface area contributed by atoms with Crippen LogP contribution in [0, 0.1) is 5.92 Å². The van der Waals surface area contributed by atoms with Gasteiger partial charge in [0.2, 0.25) is 21.8 Å². The van der Waals surface area contributed by atoms with Crippen LogP contribution in [-0.2, 0) is 26.0 Å². The molecular weight excluding hydrogens is 438 g/mol. The van der Waals surface area contributed by atoms with E-state index < -0.39 is 16.1 Å². The SMILES string of the molecule is CCC(=O)N1CCc2cc(S(=O)(=O)N[C@@H](CC(C)C)C(=O)N[C@H](C)c3ccccc3)ccc21. The summed E-state index contributed by atoms with van der Waals surface area (Å²) in [4.78, 5) is 26.9. The molecule has 33 heavy (non-hydrogen) atoms. The summed E-state index contributed by atoms with van der Waals surface area (Å²) in [6.45, 7) is 8.13. The van der Waals surface area contributed by atoms with Gasteiger partial charge in [-0.1, -0.05) is 51.1 Å². The lowest BCUT2D eigenvalue weighted by Crippen LogP contribution is -2.47. The van der Waals surface area contributed by atoms with Crippen LogP contribution in [0.2, 0.25) is 0 Å². The third kappa shape index (κ3) is 6.00. The lowest BCUT2D eigenvalue weighted by atomic mass is 10.0. The number of rotatable bonds is 9. The van der Waals surface area contributed by atoms with E-state index >= 15 is 0 Å². The minimum Gasteiger partial charge on any atom is -0.348 e. The minimum atomic E-state index is -3.93. The highest BCUT2D eigenvalue weighted by atomic mass is 32.2. The van der Waals surface area contributed by atoms with Gasteiger partial charge in [-0.15, -0.1) is 0 Å². The van der Waals surface area contributed by atoms with Crippen molar-refractivity contribution in [1.82, 2.24) is 10.0 Å². The van der Waals surface area contributed by atoms with Gasteiger partial charge in [-0.25, -0.2) is 8.42 Å². The van der Waals surface area contributed by atoms with Crippen molar-refractivity contribution in [1.29, 1.82) is 0 Å². The number of amides is 2. The second-order valence-corrected chi connectivity index (χ2v) is 10.6. The average molecular weight is 472 g/mol. The summed E-state index contributed by atoms with van der Waals surface area (Å²) in [7, 11) is -3.93. The van der Waals surface area contributed by atoms with E-state index in [1.54, 1.807) is 17.0 Å². The van der Waals surface area contributed by atoms with Crippen molar-refractivity contribution >= 4 is 27.5 Å². The van der Waals surface area contributed by atoms with Crippen LogP contribution >= 0.6 is 0 Å². The fourth-order valence-electron chi connectivity index (χ4n) is 4.07. The maximum Gasteiger partial charge on any atom is 0.241 e. The van der Waals surface area contributed by atoms with Gasteiger partial charge in [0, 0.05) is 18.7 Å². The van der Waals surface area contributed by atoms with Gasteiger partial charge in [0.25, 0.3) is 0 Å². The van der Waals surface area contributed by atoms with E-state index in [2.05, 4.69) is 10.0 Å². The lowest BCUT2D eigenvalue weighted by Gasteiger charge is -2.23. The van der Waals surface area contributed by atoms with Gasteiger partial charge in [0.15, 0.2) is 0 Å².